The van der Waals surface area contributed by atoms with Crippen LogP contribution in [0.3, 0.4) is 0 Å². The Hall–Kier alpha value is -3.07. The predicted octanol–water partition coefficient (Wildman–Crippen LogP) is 5.39. The van der Waals surface area contributed by atoms with Gasteiger partial charge in [-0.25, -0.2) is 0 Å². The van der Waals surface area contributed by atoms with Crippen molar-refractivity contribution in [1.82, 2.24) is 24.6 Å². The minimum absolute atomic E-state index is 0.309. The molecule has 0 spiro atoms. The summed E-state index contributed by atoms with van der Waals surface area (Å²) in [4.78, 5) is 26.6. The Bertz CT molecular complexity index is 1430. The zero-order chi connectivity index (χ0) is 30.8. The van der Waals surface area contributed by atoms with Crippen LogP contribution in [0.5, 0.6) is 11.5 Å². The molecule has 8 nitrogen and oxygen atoms in total. The molecule has 44 heavy (non-hydrogen) atoms. The first-order valence-corrected chi connectivity index (χ1v) is 16.6. The summed E-state index contributed by atoms with van der Waals surface area (Å²) in [6.07, 6.45) is 4.42. The molecule has 0 atom stereocenters. The van der Waals surface area contributed by atoms with Crippen molar-refractivity contribution in [2.45, 2.75) is 57.4 Å². The molecule has 0 aliphatic carbocycles. The van der Waals surface area contributed by atoms with Crippen molar-refractivity contribution in [1.29, 1.82) is 0 Å². The van der Waals surface area contributed by atoms with Crippen LogP contribution in [0.15, 0.2) is 36.4 Å². The molecule has 3 saturated heterocycles. The topological polar surface area (TPSA) is 64.3 Å². The fourth-order valence-corrected chi connectivity index (χ4v) is 7.69. The molecule has 3 aliphatic heterocycles. The lowest BCUT2D eigenvalue weighted by atomic mass is 9.87. The molecule has 8 heteroatoms. The van der Waals surface area contributed by atoms with E-state index in [1.54, 1.807) is 14.2 Å². The van der Waals surface area contributed by atoms with E-state index < -0.39 is 0 Å². The lowest BCUT2D eigenvalue weighted by Crippen LogP contribution is -2.53. The molecule has 3 fully saturated rings. The molecule has 0 radical (unpaired) electrons. The molecule has 6 rings (SSSR count). The van der Waals surface area contributed by atoms with Crippen molar-refractivity contribution in [3.63, 3.8) is 0 Å². The standard InChI is InChI=1S/C36H51N5O3/c1-25(2)35-30-22-27(6-8-31(30)37-36(35)28-7-9-32(43-4)33(23-28)44-5)26-10-16-41(17-11-26)34(42)24-39-14-12-29(13-15-39)40-20-18-38(3)19-21-40/h6-9,22-23,25-26,29,37H,10-21,24H2,1-5H3. The highest BCUT2D eigenvalue weighted by Crippen LogP contribution is 2.40. The van der Waals surface area contributed by atoms with Crippen LogP contribution >= 0.6 is 0 Å². The number of amides is 1. The summed E-state index contributed by atoms with van der Waals surface area (Å²) in [6, 6.07) is 13.7. The summed E-state index contributed by atoms with van der Waals surface area (Å²) in [6.45, 7) is 13.6. The van der Waals surface area contributed by atoms with E-state index in [0.29, 0.717) is 30.3 Å². The number of methoxy groups -OCH3 is 2. The molecule has 3 aliphatic rings. The maximum Gasteiger partial charge on any atom is 0.236 e. The highest BCUT2D eigenvalue weighted by atomic mass is 16.5. The Morgan fingerprint density at radius 2 is 1.57 bits per heavy atom. The number of likely N-dealkylation sites (N-methyl/N-ethyl adjacent to an activating group) is 1. The molecule has 0 bridgehead atoms. The lowest BCUT2D eigenvalue weighted by Gasteiger charge is -2.42. The van der Waals surface area contributed by atoms with E-state index in [4.69, 9.17) is 9.47 Å². The molecule has 0 unspecified atom stereocenters. The molecule has 1 N–H and O–H groups in total. The van der Waals surface area contributed by atoms with Crippen LogP contribution in [0.25, 0.3) is 22.2 Å². The SMILES string of the molecule is COc1ccc(-c2[nH]c3ccc(C4CCN(C(=O)CN5CCC(N6CCN(C)CC6)CC5)CC4)cc3c2C(C)C)cc1OC. The van der Waals surface area contributed by atoms with Crippen LogP contribution in [0, 0.1) is 0 Å². The van der Waals surface area contributed by atoms with Gasteiger partial charge in [0, 0.05) is 74.9 Å². The molecular weight excluding hydrogens is 550 g/mol. The number of H-pyrrole nitrogens is 1. The fourth-order valence-electron chi connectivity index (χ4n) is 7.69. The highest BCUT2D eigenvalue weighted by Gasteiger charge is 2.30. The monoisotopic (exact) mass is 601 g/mol. The smallest absolute Gasteiger partial charge is 0.236 e. The number of benzene rings is 2. The van der Waals surface area contributed by atoms with Crippen LogP contribution in [-0.2, 0) is 4.79 Å². The van der Waals surface area contributed by atoms with Gasteiger partial charge in [-0.2, -0.15) is 0 Å². The number of hydrogen-bond donors (Lipinski definition) is 1. The Balaban J connectivity index is 1.07. The van der Waals surface area contributed by atoms with Crippen molar-refractivity contribution < 1.29 is 14.3 Å². The highest BCUT2D eigenvalue weighted by molar-refractivity contribution is 5.92. The zero-order valence-electron chi connectivity index (χ0n) is 27.4. The van der Waals surface area contributed by atoms with E-state index in [-0.39, 0.29) is 0 Å². The van der Waals surface area contributed by atoms with Crippen molar-refractivity contribution in [3.05, 3.63) is 47.5 Å². The number of hydrogen-bond acceptors (Lipinski definition) is 6. The van der Waals surface area contributed by atoms with Crippen LogP contribution in [0.4, 0.5) is 0 Å². The first-order valence-electron chi connectivity index (χ1n) is 16.6. The van der Waals surface area contributed by atoms with Gasteiger partial charge in [0.2, 0.25) is 5.91 Å². The summed E-state index contributed by atoms with van der Waals surface area (Å²) >= 11 is 0. The normalized spacial score (nSPS) is 20.1. The minimum atomic E-state index is 0.309. The van der Waals surface area contributed by atoms with Crippen molar-refractivity contribution in [2.75, 3.05) is 80.2 Å². The number of nitrogens with one attached hydrogen (secondary N) is 1. The number of ether oxygens (including phenoxy) is 2. The van der Waals surface area contributed by atoms with E-state index in [1.165, 1.54) is 55.5 Å². The predicted molar refractivity (Wildman–Crippen MR) is 178 cm³/mol. The third-order valence-corrected chi connectivity index (χ3v) is 10.4. The van der Waals surface area contributed by atoms with Gasteiger partial charge < -0.3 is 24.3 Å². The van der Waals surface area contributed by atoms with Gasteiger partial charge in [-0.3, -0.25) is 14.6 Å². The Morgan fingerprint density at radius 1 is 0.864 bits per heavy atom. The third kappa shape index (κ3) is 6.49. The average Bonchev–Trinajstić information content (AvgIpc) is 3.44. The minimum Gasteiger partial charge on any atom is -0.493 e. The molecule has 1 amide bonds. The number of fused-ring (bicyclic) bond motifs is 1. The Morgan fingerprint density at radius 3 is 2.23 bits per heavy atom. The number of piperidine rings is 2. The quantitative estimate of drug-likeness (QED) is 0.374. The second kappa shape index (κ2) is 13.5. The number of likely N-dealkylation sites (tertiary alicyclic amines) is 2. The maximum absolute atomic E-state index is 13.3. The van der Waals surface area contributed by atoms with Crippen molar-refractivity contribution >= 4 is 16.8 Å². The van der Waals surface area contributed by atoms with E-state index >= 15 is 0 Å². The number of rotatable bonds is 8. The Kier molecular flexibility index (Phi) is 9.50. The van der Waals surface area contributed by atoms with Gasteiger partial charge in [0.15, 0.2) is 11.5 Å². The van der Waals surface area contributed by atoms with Gasteiger partial charge in [0.25, 0.3) is 0 Å². The summed E-state index contributed by atoms with van der Waals surface area (Å²) in [5.74, 6) is 2.60. The molecule has 2 aromatic carbocycles. The second-order valence-electron chi connectivity index (χ2n) is 13.4. The number of aromatic nitrogens is 1. The number of carbonyl (C=O) groups excluding carboxylic acids is 1. The fraction of sp³-hybridized carbons (Fsp3) is 0.583. The summed E-state index contributed by atoms with van der Waals surface area (Å²) in [7, 11) is 5.56. The van der Waals surface area contributed by atoms with Crippen molar-refractivity contribution in [3.8, 4) is 22.8 Å². The van der Waals surface area contributed by atoms with Gasteiger partial charge >= 0.3 is 0 Å². The van der Waals surface area contributed by atoms with Crippen LogP contribution < -0.4 is 9.47 Å². The molecule has 238 valence electrons. The lowest BCUT2D eigenvalue weighted by molar-refractivity contribution is -0.133. The summed E-state index contributed by atoms with van der Waals surface area (Å²) in [5, 5.41) is 1.29. The Labute approximate surface area is 263 Å². The van der Waals surface area contributed by atoms with E-state index in [9.17, 15) is 4.79 Å². The summed E-state index contributed by atoms with van der Waals surface area (Å²) in [5.41, 5.74) is 6.11. The van der Waals surface area contributed by atoms with Gasteiger partial charge in [-0.15, -0.1) is 0 Å². The third-order valence-electron chi connectivity index (χ3n) is 10.4. The molecular formula is C36H51N5O3. The van der Waals surface area contributed by atoms with Crippen LogP contribution in [0.2, 0.25) is 0 Å². The van der Waals surface area contributed by atoms with Crippen molar-refractivity contribution in [2.24, 2.45) is 0 Å². The molecule has 3 aromatic rings. The zero-order valence-corrected chi connectivity index (χ0v) is 27.4. The van der Waals surface area contributed by atoms with Gasteiger partial charge in [-0.1, -0.05) is 19.9 Å². The molecule has 1 aromatic heterocycles. The molecule has 4 heterocycles. The van der Waals surface area contributed by atoms with Gasteiger partial charge in [0.1, 0.15) is 0 Å². The number of nitrogens with zero attached hydrogens (tertiary/aromatic N) is 4. The average molecular weight is 602 g/mol. The van der Waals surface area contributed by atoms with E-state index in [0.717, 1.165) is 67.3 Å². The first kappa shape index (κ1) is 30.9. The maximum atomic E-state index is 13.3. The van der Waals surface area contributed by atoms with Gasteiger partial charge in [0.05, 0.1) is 26.5 Å². The number of carbonyl (C=O) groups is 1. The van der Waals surface area contributed by atoms with E-state index in [1.807, 2.05) is 6.07 Å². The molecule has 0 saturated carbocycles. The number of piperazine rings is 1. The van der Waals surface area contributed by atoms with Gasteiger partial charge in [-0.05, 0) is 86.0 Å². The van der Waals surface area contributed by atoms with Crippen LogP contribution in [-0.4, -0.2) is 117 Å². The second-order valence-corrected chi connectivity index (χ2v) is 13.4. The first-order chi connectivity index (χ1) is 21.3. The van der Waals surface area contributed by atoms with E-state index in [2.05, 4.69) is 75.8 Å². The van der Waals surface area contributed by atoms with Crippen LogP contribution in [0.1, 0.15) is 62.5 Å². The summed E-state index contributed by atoms with van der Waals surface area (Å²) < 4.78 is 11.1. The largest absolute Gasteiger partial charge is 0.493 e. The number of aromatic amines is 1.